The second-order valence-corrected chi connectivity index (χ2v) is 10.2. The van der Waals surface area contributed by atoms with Crippen LogP contribution < -0.4 is 0 Å². The molecular weight excluding hydrogens is 403 g/mol. The first kappa shape index (κ1) is 19.1. The lowest BCUT2D eigenvalue weighted by molar-refractivity contribution is 0.324. The number of hydrogen-bond donors (Lipinski definition) is 0. The molecule has 0 aliphatic carbocycles. The molecule has 24 heavy (non-hydrogen) atoms. The van der Waals surface area contributed by atoms with Gasteiger partial charge in [0.1, 0.15) is 0 Å². The first-order valence-electron chi connectivity index (χ1n) is 6.46. The summed E-state index contributed by atoms with van der Waals surface area (Å²) in [5.74, 6) is -0.785. The van der Waals surface area contributed by atoms with Crippen LogP contribution >= 0.6 is 22.3 Å². The summed E-state index contributed by atoms with van der Waals surface area (Å²) < 4.78 is 55.2. The van der Waals surface area contributed by atoms with E-state index in [1.54, 1.807) is 18.2 Å². The highest BCUT2D eigenvalue weighted by molar-refractivity contribution is 8.21. The van der Waals surface area contributed by atoms with Gasteiger partial charge in [0.25, 0.3) is 29.1 Å². The second kappa shape index (κ2) is 6.60. The van der Waals surface area contributed by atoms with Crippen molar-refractivity contribution in [2.75, 3.05) is 6.61 Å². The average molecular weight is 415 g/mol. The van der Waals surface area contributed by atoms with Gasteiger partial charge >= 0.3 is 0 Å². The summed E-state index contributed by atoms with van der Waals surface area (Å²) >= 11 is 5.86. The fourth-order valence-electron chi connectivity index (χ4n) is 1.76. The first-order valence-corrected chi connectivity index (χ1v) is 10.6. The SMILES string of the molecule is CCOS(=O)(=O)C(C)(c1noc(-c2cccc(Cl)c2)n1)S(=O)(=O)Cl. The molecule has 1 atom stereocenters. The normalized spacial score (nSPS) is 15.2. The molecule has 8 nitrogen and oxygen atoms in total. The zero-order valence-electron chi connectivity index (χ0n) is 12.4. The lowest BCUT2D eigenvalue weighted by atomic mass is 10.2. The van der Waals surface area contributed by atoms with Crippen LogP contribution in [0.4, 0.5) is 0 Å². The maximum Gasteiger partial charge on any atom is 0.296 e. The summed E-state index contributed by atoms with van der Waals surface area (Å²) in [5.41, 5.74) is 0.379. The number of aromatic nitrogens is 2. The van der Waals surface area contributed by atoms with Gasteiger partial charge in [0.15, 0.2) is 0 Å². The monoisotopic (exact) mass is 414 g/mol. The third-order valence-corrected chi connectivity index (χ3v) is 8.62. The second-order valence-electron chi connectivity index (χ2n) is 4.68. The molecule has 0 fully saturated rings. The van der Waals surface area contributed by atoms with Gasteiger partial charge in [0.05, 0.1) is 6.61 Å². The third kappa shape index (κ3) is 3.29. The Morgan fingerprint density at radius 1 is 1.29 bits per heavy atom. The van der Waals surface area contributed by atoms with E-state index >= 15 is 0 Å². The molecule has 1 aromatic carbocycles. The molecule has 0 aliphatic heterocycles. The van der Waals surface area contributed by atoms with Gasteiger partial charge in [0, 0.05) is 21.3 Å². The summed E-state index contributed by atoms with van der Waals surface area (Å²) in [7, 11) is -4.07. The van der Waals surface area contributed by atoms with Gasteiger partial charge in [-0.05, 0) is 32.0 Å². The van der Waals surface area contributed by atoms with E-state index in [9.17, 15) is 16.8 Å². The van der Waals surface area contributed by atoms with Gasteiger partial charge in [0.2, 0.25) is 5.82 Å². The van der Waals surface area contributed by atoms with Gasteiger partial charge in [-0.1, -0.05) is 22.8 Å². The van der Waals surface area contributed by atoms with Crippen LogP contribution in [-0.4, -0.2) is 33.6 Å². The van der Waals surface area contributed by atoms with E-state index in [1.165, 1.54) is 13.0 Å². The summed E-state index contributed by atoms with van der Waals surface area (Å²) in [6.07, 6.45) is 0. The van der Waals surface area contributed by atoms with Crippen molar-refractivity contribution in [3.05, 3.63) is 35.1 Å². The average Bonchev–Trinajstić information content (AvgIpc) is 2.95. The van der Waals surface area contributed by atoms with Gasteiger partial charge in [-0.2, -0.15) is 13.4 Å². The number of hydrogen-bond acceptors (Lipinski definition) is 8. The van der Waals surface area contributed by atoms with Crippen LogP contribution in [0.25, 0.3) is 11.5 Å². The van der Waals surface area contributed by atoms with E-state index in [4.69, 9.17) is 26.8 Å². The molecular formula is C12H12Cl2N2O6S2. The van der Waals surface area contributed by atoms with E-state index in [-0.39, 0.29) is 12.5 Å². The summed E-state index contributed by atoms with van der Waals surface area (Å²) in [4.78, 5) is 3.85. The van der Waals surface area contributed by atoms with E-state index in [1.807, 2.05) is 0 Å². The van der Waals surface area contributed by atoms with Crippen LogP contribution in [0.5, 0.6) is 0 Å². The first-order chi connectivity index (χ1) is 11.0. The van der Waals surface area contributed by atoms with Gasteiger partial charge in [-0.15, -0.1) is 0 Å². The van der Waals surface area contributed by atoms with Crippen LogP contribution in [0, 0.1) is 0 Å². The van der Waals surface area contributed by atoms with Crippen LogP contribution in [0.2, 0.25) is 5.02 Å². The van der Waals surface area contributed by atoms with Crippen molar-refractivity contribution in [2.45, 2.75) is 17.9 Å². The Morgan fingerprint density at radius 2 is 1.96 bits per heavy atom. The Labute approximate surface area is 148 Å². The van der Waals surface area contributed by atoms with Gasteiger partial charge in [-0.3, -0.25) is 4.18 Å². The molecule has 0 N–H and O–H groups in total. The molecule has 12 heteroatoms. The van der Waals surface area contributed by atoms with E-state index in [0.29, 0.717) is 10.6 Å². The summed E-state index contributed by atoms with van der Waals surface area (Å²) in [5, 5.41) is 3.83. The number of halogens is 2. The predicted octanol–water partition coefficient (Wildman–Crippen LogP) is 2.50. The van der Waals surface area contributed by atoms with Crippen molar-refractivity contribution in [1.82, 2.24) is 10.1 Å². The van der Waals surface area contributed by atoms with Crippen LogP contribution in [-0.2, 0) is 27.4 Å². The van der Waals surface area contributed by atoms with Crippen molar-refractivity contribution in [3.63, 3.8) is 0 Å². The van der Waals surface area contributed by atoms with Crippen molar-refractivity contribution < 1.29 is 25.5 Å². The van der Waals surface area contributed by atoms with Gasteiger partial charge < -0.3 is 4.52 Å². The molecule has 1 unspecified atom stereocenters. The van der Waals surface area contributed by atoms with E-state index in [0.717, 1.165) is 6.92 Å². The van der Waals surface area contributed by atoms with Crippen LogP contribution in [0.3, 0.4) is 0 Å². The number of benzene rings is 1. The van der Waals surface area contributed by atoms with Crippen LogP contribution in [0.15, 0.2) is 28.8 Å². The van der Waals surface area contributed by atoms with Crippen molar-refractivity contribution in [1.29, 1.82) is 0 Å². The Kier molecular flexibility index (Phi) is 5.26. The smallest absolute Gasteiger partial charge is 0.296 e. The molecule has 0 saturated carbocycles. The van der Waals surface area contributed by atoms with Crippen molar-refractivity contribution in [3.8, 4) is 11.5 Å². The Bertz CT molecular complexity index is 957. The van der Waals surface area contributed by atoms with Crippen molar-refractivity contribution >= 4 is 41.5 Å². The predicted molar refractivity (Wildman–Crippen MR) is 87.4 cm³/mol. The maximum atomic E-state index is 12.3. The fourth-order valence-corrected chi connectivity index (χ4v) is 5.11. The number of rotatable bonds is 6. The highest BCUT2D eigenvalue weighted by Gasteiger charge is 2.57. The molecule has 0 amide bonds. The zero-order chi connectivity index (χ0) is 18.2. The maximum absolute atomic E-state index is 12.3. The molecule has 2 aromatic rings. The topological polar surface area (TPSA) is 116 Å². The molecule has 0 saturated heterocycles. The highest BCUT2D eigenvalue weighted by atomic mass is 35.7. The minimum absolute atomic E-state index is 0.120. The molecule has 1 aromatic heterocycles. The minimum Gasteiger partial charge on any atom is -0.334 e. The lowest BCUT2D eigenvalue weighted by Crippen LogP contribution is -2.40. The lowest BCUT2D eigenvalue weighted by Gasteiger charge is -2.21. The molecule has 0 radical (unpaired) electrons. The summed E-state index contributed by atoms with van der Waals surface area (Å²) in [6, 6.07) is 6.28. The third-order valence-electron chi connectivity index (χ3n) is 3.12. The van der Waals surface area contributed by atoms with Crippen molar-refractivity contribution in [2.24, 2.45) is 0 Å². The van der Waals surface area contributed by atoms with Gasteiger partial charge in [-0.25, -0.2) is 8.42 Å². The largest absolute Gasteiger partial charge is 0.334 e. The van der Waals surface area contributed by atoms with E-state index < -0.39 is 29.1 Å². The van der Waals surface area contributed by atoms with E-state index in [2.05, 4.69) is 14.3 Å². The Balaban J connectivity index is 2.63. The molecule has 132 valence electrons. The number of nitrogens with zero attached hydrogens (tertiary/aromatic N) is 2. The summed E-state index contributed by atoms with van der Waals surface area (Å²) in [6.45, 7) is 1.92. The van der Waals surface area contributed by atoms with Crippen LogP contribution in [0.1, 0.15) is 19.7 Å². The molecule has 0 aliphatic rings. The quantitative estimate of drug-likeness (QED) is 0.522. The molecule has 2 rings (SSSR count). The molecule has 0 bridgehead atoms. The minimum atomic E-state index is -4.73. The Hall–Kier alpha value is -1.20. The zero-order valence-corrected chi connectivity index (χ0v) is 15.6. The Morgan fingerprint density at radius 3 is 2.50 bits per heavy atom. The standard InChI is InChI=1S/C12H12Cl2N2O6S2/c1-3-21-24(19,20)12(2,23(14,17)18)11-15-10(22-16-11)8-5-4-6-9(13)7-8/h4-7H,3H2,1-2H3. The highest BCUT2D eigenvalue weighted by Crippen LogP contribution is 2.38. The molecule has 1 heterocycles. The fraction of sp³-hybridized carbons (Fsp3) is 0.333. The molecule has 0 spiro atoms.